The van der Waals surface area contributed by atoms with Crippen LogP contribution in [0, 0.1) is 23.5 Å². The molecule has 2 heterocycles. The van der Waals surface area contributed by atoms with Crippen molar-refractivity contribution in [3.8, 4) is 23.2 Å². The van der Waals surface area contributed by atoms with Crippen LogP contribution < -0.4 is 10.3 Å². The molecule has 0 aliphatic rings. The van der Waals surface area contributed by atoms with Crippen molar-refractivity contribution in [2.75, 3.05) is 0 Å². The van der Waals surface area contributed by atoms with E-state index in [2.05, 4.69) is 26.5 Å². The molecular weight excluding hydrogens is 515 g/mol. The van der Waals surface area contributed by atoms with Gasteiger partial charge in [-0.05, 0) is 58.1 Å². The lowest BCUT2D eigenvalue weighted by Gasteiger charge is -2.26. The van der Waals surface area contributed by atoms with Gasteiger partial charge in [0.25, 0.3) is 5.56 Å². The van der Waals surface area contributed by atoms with Crippen LogP contribution in [0.15, 0.2) is 35.5 Å². The summed E-state index contributed by atoms with van der Waals surface area (Å²) in [5.74, 6) is 2.40. The van der Waals surface area contributed by atoms with E-state index in [9.17, 15) is 31.3 Å². The maximum atomic E-state index is 15.0. The molecule has 0 fully saturated rings. The summed E-state index contributed by atoms with van der Waals surface area (Å²) in [6.07, 6.45) is -1.43. The van der Waals surface area contributed by atoms with Crippen molar-refractivity contribution in [3.63, 3.8) is 0 Å². The number of fused-ring (bicyclic) bond motifs is 1. The first kappa shape index (κ1) is 28.6. The Morgan fingerprint density at radius 3 is 2.38 bits per heavy atom. The van der Waals surface area contributed by atoms with Gasteiger partial charge in [0.2, 0.25) is 0 Å². The Hall–Kier alpha value is -3.01. The summed E-state index contributed by atoms with van der Waals surface area (Å²) >= 11 is -1.35. The van der Waals surface area contributed by atoms with Crippen LogP contribution in [0.5, 0.6) is 0 Å². The summed E-state index contributed by atoms with van der Waals surface area (Å²) in [6.45, 7) is 7.30. The van der Waals surface area contributed by atoms with Gasteiger partial charge < -0.3 is 9.12 Å². The van der Waals surface area contributed by atoms with Crippen LogP contribution in [0.3, 0.4) is 0 Å². The van der Waals surface area contributed by atoms with Crippen molar-refractivity contribution in [2.24, 2.45) is 0 Å². The number of hydrogen-bond acceptors (Lipinski definition) is 5. The normalized spacial score (nSPS) is 13.8. The summed E-state index contributed by atoms with van der Waals surface area (Å²) in [5.41, 5.74) is -2.36. The molecule has 1 unspecified atom stereocenters. The number of aryl methyl sites for hydroxylation is 1. The monoisotopic (exact) mass is 540 g/mol. The molecule has 0 radical (unpaired) electrons. The zero-order chi connectivity index (χ0) is 27.5. The molecule has 3 rings (SSSR count). The van der Waals surface area contributed by atoms with Crippen molar-refractivity contribution < 1.29 is 26.5 Å². The van der Waals surface area contributed by atoms with Gasteiger partial charge in [-0.15, -0.1) is 10.6 Å². The van der Waals surface area contributed by atoms with E-state index >= 15 is 0 Å². The maximum absolute atomic E-state index is 15.0. The van der Waals surface area contributed by atoms with Crippen molar-refractivity contribution >= 4 is 22.1 Å². The molecule has 3 aromatic rings. The molecule has 1 aromatic carbocycles. The van der Waals surface area contributed by atoms with Gasteiger partial charge >= 0.3 is 6.18 Å². The number of nitrogens with one attached hydrogen (secondary N) is 1. The van der Waals surface area contributed by atoms with E-state index in [1.54, 1.807) is 6.92 Å². The van der Waals surface area contributed by atoms with Crippen LogP contribution in [0.2, 0.25) is 0 Å². The zero-order valence-electron chi connectivity index (χ0n) is 20.5. The second-order valence-corrected chi connectivity index (χ2v) is 11.2. The quantitative estimate of drug-likeness (QED) is 0.260. The Morgan fingerprint density at radius 1 is 1.16 bits per heavy atom. The number of nitrogens with zero attached hydrogens (tertiary/aromatic N) is 3. The molecular formula is C25H25F5N4O2S. The number of pyridine rings is 1. The molecule has 0 saturated heterocycles. The van der Waals surface area contributed by atoms with Gasteiger partial charge in [0, 0.05) is 36.5 Å². The minimum Gasteiger partial charge on any atom is -0.598 e. The average molecular weight is 541 g/mol. The minimum atomic E-state index is -4.68. The first-order valence-electron chi connectivity index (χ1n) is 11.2. The molecule has 198 valence electrons. The fraction of sp³-hybridized carbons (Fsp3) is 0.400. The van der Waals surface area contributed by atoms with Crippen LogP contribution in [0.1, 0.15) is 46.1 Å². The molecule has 12 heteroatoms. The molecule has 6 nitrogen and oxygen atoms in total. The summed E-state index contributed by atoms with van der Waals surface area (Å²) in [6, 6.07) is 2.14. The van der Waals surface area contributed by atoms with Crippen LogP contribution in [0.25, 0.3) is 22.2 Å². The molecule has 2 atom stereocenters. The van der Waals surface area contributed by atoms with Gasteiger partial charge in [0.05, 0.1) is 16.5 Å². The Kier molecular flexibility index (Phi) is 8.62. The summed E-state index contributed by atoms with van der Waals surface area (Å²) in [5, 5.41) is -0.442. The summed E-state index contributed by atoms with van der Waals surface area (Å²) in [4.78, 5) is 19.9. The van der Waals surface area contributed by atoms with E-state index in [-0.39, 0.29) is 18.0 Å². The number of halogens is 5. The predicted molar refractivity (Wildman–Crippen MR) is 132 cm³/mol. The van der Waals surface area contributed by atoms with E-state index in [0.29, 0.717) is 25.2 Å². The first-order valence-corrected chi connectivity index (χ1v) is 12.4. The van der Waals surface area contributed by atoms with Gasteiger partial charge in [-0.2, -0.15) is 13.2 Å². The highest BCUT2D eigenvalue weighted by molar-refractivity contribution is 7.90. The summed E-state index contributed by atoms with van der Waals surface area (Å²) < 4.78 is 84.2. The third-order valence-corrected chi connectivity index (χ3v) is 6.99. The lowest BCUT2D eigenvalue weighted by Crippen LogP contribution is -2.44. The van der Waals surface area contributed by atoms with Gasteiger partial charge in [-0.25, -0.2) is 18.7 Å². The number of benzene rings is 1. The minimum absolute atomic E-state index is 0.0515. The Morgan fingerprint density at radius 2 is 1.81 bits per heavy atom. The average Bonchev–Trinajstić information content (AvgIpc) is 2.81. The van der Waals surface area contributed by atoms with Crippen LogP contribution >= 0.6 is 0 Å². The molecule has 0 amide bonds. The fourth-order valence-corrected chi connectivity index (χ4v) is 4.22. The number of hydrogen-bond donors (Lipinski definition) is 1. The van der Waals surface area contributed by atoms with E-state index < -0.39 is 61.8 Å². The Labute approximate surface area is 213 Å². The molecule has 0 spiro atoms. The third-order valence-electron chi connectivity index (χ3n) is 5.38. The molecule has 0 aliphatic carbocycles. The molecule has 0 bridgehead atoms. The Balaban J connectivity index is 1.84. The topological polar surface area (TPSA) is 82.9 Å². The second-order valence-electron chi connectivity index (χ2n) is 9.21. The molecule has 0 saturated carbocycles. The molecule has 1 N–H and O–H groups in total. The van der Waals surface area contributed by atoms with Crippen molar-refractivity contribution in [1.29, 1.82) is 0 Å². The first-order chi connectivity index (χ1) is 17.2. The lowest BCUT2D eigenvalue weighted by molar-refractivity contribution is -0.138. The highest BCUT2D eigenvalue weighted by Gasteiger charge is 2.32. The Bertz CT molecular complexity index is 1390. The number of rotatable bonds is 7. The third kappa shape index (κ3) is 6.66. The maximum Gasteiger partial charge on any atom is 0.419 e. The SMILES string of the molecule is CC#CC(CCCn1ccc2cc(-c3ncc(C(F)(F)F)cn3)c(F)c(F)c2c1=O)N[S@+]([O-])C(C)(C)C. The largest absolute Gasteiger partial charge is 0.598 e. The van der Waals surface area contributed by atoms with Gasteiger partial charge in [0.15, 0.2) is 17.5 Å². The molecule has 37 heavy (non-hydrogen) atoms. The molecule has 0 aliphatic heterocycles. The fourth-order valence-electron chi connectivity index (χ4n) is 3.43. The van der Waals surface area contributed by atoms with Crippen molar-refractivity contribution in [1.82, 2.24) is 19.3 Å². The van der Waals surface area contributed by atoms with Gasteiger partial charge in [0.1, 0.15) is 10.8 Å². The highest BCUT2D eigenvalue weighted by atomic mass is 32.2. The van der Waals surface area contributed by atoms with Gasteiger partial charge in [-0.3, -0.25) is 4.79 Å². The standard InChI is InChI=1S/C25H25F5N4O2S/c1-5-7-17(33-37(36)24(2,3)4)8-6-10-34-11-9-15-12-18(20(26)21(27)19(15)23(34)35)22-31-13-16(14-32-22)25(28,29)30/h9,11-14,17,33H,6,8,10H2,1-4H3/t17?,37-/m1/s1. The molecule has 2 aromatic heterocycles. The van der Waals surface area contributed by atoms with Gasteiger partial charge in [-0.1, -0.05) is 5.92 Å². The smallest absolute Gasteiger partial charge is 0.419 e. The number of aromatic nitrogens is 3. The van der Waals surface area contributed by atoms with Crippen molar-refractivity contribution in [2.45, 2.75) is 64.0 Å². The van der Waals surface area contributed by atoms with Crippen LogP contribution in [0.4, 0.5) is 22.0 Å². The van der Waals surface area contributed by atoms with E-state index in [4.69, 9.17) is 0 Å². The van der Waals surface area contributed by atoms with Crippen LogP contribution in [-0.4, -0.2) is 29.9 Å². The van der Waals surface area contributed by atoms with E-state index in [0.717, 1.165) is 6.07 Å². The van der Waals surface area contributed by atoms with Crippen molar-refractivity contribution in [3.05, 3.63) is 58.3 Å². The lowest BCUT2D eigenvalue weighted by atomic mass is 10.1. The highest BCUT2D eigenvalue weighted by Crippen LogP contribution is 2.31. The second kappa shape index (κ2) is 11.2. The summed E-state index contributed by atoms with van der Waals surface area (Å²) in [7, 11) is 0. The zero-order valence-corrected chi connectivity index (χ0v) is 21.4. The van der Waals surface area contributed by atoms with E-state index in [1.165, 1.54) is 16.8 Å². The number of alkyl halides is 3. The van der Waals surface area contributed by atoms with Crippen LogP contribution in [-0.2, 0) is 24.1 Å². The van der Waals surface area contributed by atoms with E-state index in [1.807, 2.05) is 20.8 Å². The predicted octanol–water partition coefficient (Wildman–Crippen LogP) is 4.98.